The van der Waals surface area contributed by atoms with Gasteiger partial charge in [-0.1, -0.05) is 97.0 Å². The first-order chi connectivity index (χ1) is 22.5. The molecule has 0 spiro atoms. The predicted octanol–water partition coefficient (Wildman–Crippen LogP) is 12.6. The molecule has 0 bridgehead atoms. The van der Waals surface area contributed by atoms with Crippen molar-refractivity contribution in [3.63, 3.8) is 0 Å². The Morgan fingerprint density at radius 2 is 1.49 bits per heavy atom. The van der Waals surface area contributed by atoms with Crippen LogP contribution in [0.25, 0.3) is 50.5 Å². The third-order valence-electron chi connectivity index (χ3n) is 11.4. The summed E-state index contributed by atoms with van der Waals surface area (Å²) in [6, 6.07) is 28.9. The Kier molecular flexibility index (Phi) is 7.58. The molecule has 2 atom stereocenters. The van der Waals surface area contributed by atoms with E-state index in [1.807, 2.05) is 18.3 Å². The average molecular weight is 621 g/mol. The summed E-state index contributed by atoms with van der Waals surface area (Å²) in [6.45, 7) is 20.9. The number of aromatic nitrogens is 2. The van der Waals surface area contributed by atoms with E-state index in [9.17, 15) is 0 Å². The van der Waals surface area contributed by atoms with Crippen molar-refractivity contribution in [3.05, 3.63) is 119 Å². The van der Waals surface area contributed by atoms with Crippen molar-refractivity contribution in [3.8, 4) is 39.5 Å². The van der Waals surface area contributed by atoms with E-state index in [0.29, 0.717) is 11.8 Å². The zero-order valence-electron chi connectivity index (χ0n) is 29.5. The first kappa shape index (κ1) is 31.2. The van der Waals surface area contributed by atoms with Crippen LogP contribution in [-0.2, 0) is 5.41 Å². The molecule has 3 heteroatoms. The lowest BCUT2D eigenvalue weighted by atomic mass is 9.82. The molecule has 1 saturated carbocycles. The largest absolute Gasteiger partial charge is 0.456 e. The zero-order valence-corrected chi connectivity index (χ0v) is 29.5. The van der Waals surface area contributed by atoms with Crippen molar-refractivity contribution in [1.29, 1.82) is 0 Å². The molecule has 0 saturated heterocycles. The fourth-order valence-corrected chi connectivity index (χ4v) is 8.10. The van der Waals surface area contributed by atoms with E-state index in [0.717, 1.165) is 34.5 Å². The number of hydrogen-bond donors (Lipinski definition) is 0. The number of para-hydroxylation sites is 1. The van der Waals surface area contributed by atoms with E-state index >= 15 is 0 Å². The molecular weight excluding hydrogens is 572 g/mol. The topological polar surface area (TPSA) is 31.0 Å². The summed E-state index contributed by atoms with van der Waals surface area (Å²) >= 11 is 0. The van der Waals surface area contributed by atoms with Crippen LogP contribution < -0.4 is 0 Å². The fraction of sp³-hybridized carbons (Fsp3) is 0.341. The van der Waals surface area contributed by atoms with Crippen LogP contribution >= 0.6 is 0 Å². The van der Waals surface area contributed by atoms with Gasteiger partial charge in [0.25, 0.3) is 0 Å². The number of rotatable bonds is 8. The standard InChI is InChI=1S/C44H48N2O/c1-10-43(8)26-44(43,9)37-19-18-32(40-29(6)14-13-15-30(40)7)22-36(37)42-45-20-21-46(42)41-34(27(2)3)23-33(24-35(41)28(4)5)39-25-31-16-11-12-17-38(31)47-39/h11-25,27-28H,10,26H2,1-9H3/t43-,44?/m1/s1. The summed E-state index contributed by atoms with van der Waals surface area (Å²) in [5.74, 6) is 2.52. The molecule has 6 aromatic rings. The van der Waals surface area contributed by atoms with Crippen LogP contribution in [0.2, 0.25) is 0 Å². The molecule has 7 rings (SSSR count). The molecule has 0 radical (unpaired) electrons. The molecule has 0 aliphatic heterocycles. The van der Waals surface area contributed by atoms with Gasteiger partial charge in [-0.25, -0.2) is 4.98 Å². The van der Waals surface area contributed by atoms with Gasteiger partial charge in [0, 0.05) is 28.9 Å². The summed E-state index contributed by atoms with van der Waals surface area (Å²) in [6.07, 6.45) is 6.51. The number of hydrogen-bond acceptors (Lipinski definition) is 2. The fourth-order valence-electron chi connectivity index (χ4n) is 8.10. The minimum absolute atomic E-state index is 0.0973. The Morgan fingerprint density at radius 3 is 2.11 bits per heavy atom. The predicted molar refractivity (Wildman–Crippen MR) is 198 cm³/mol. The Morgan fingerprint density at radius 1 is 0.809 bits per heavy atom. The third kappa shape index (κ3) is 5.06. The van der Waals surface area contributed by atoms with Crippen molar-refractivity contribution in [2.24, 2.45) is 5.41 Å². The molecule has 0 amide bonds. The van der Waals surface area contributed by atoms with Crippen molar-refractivity contribution in [2.75, 3.05) is 0 Å². The molecule has 2 heterocycles. The van der Waals surface area contributed by atoms with Crippen LogP contribution in [-0.4, -0.2) is 9.55 Å². The van der Waals surface area contributed by atoms with E-state index in [-0.39, 0.29) is 10.8 Å². The van der Waals surface area contributed by atoms with Gasteiger partial charge >= 0.3 is 0 Å². The van der Waals surface area contributed by atoms with Crippen LogP contribution in [0.1, 0.15) is 101 Å². The van der Waals surface area contributed by atoms with Crippen LogP contribution in [0.3, 0.4) is 0 Å². The maximum atomic E-state index is 6.39. The van der Waals surface area contributed by atoms with Crippen molar-refractivity contribution in [1.82, 2.24) is 9.55 Å². The molecular formula is C44H48N2O. The lowest BCUT2D eigenvalue weighted by Gasteiger charge is -2.26. The van der Waals surface area contributed by atoms with Gasteiger partial charge in [-0.2, -0.15) is 0 Å². The number of furan rings is 1. The summed E-state index contributed by atoms with van der Waals surface area (Å²) in [7, 11) is 0. The van der Waals surface area contributed by atoms with Gasteiger partial charge in [0.2, 0.25) is 0 Å². The molecule has 1 unspecified atom stereocenters. The molecule has 1 aliphatic rings. The highest BCUT2D eigenvalue weighted by atomic mass is 16.3. The monoisotopic (exact) mass is 620 g/mol. The maximum absolute atomic E-state index is 6.39. The second-order valence-electron chi connectivity index (χ2n) is 15.0. The molecule has 47 heavy (non-hydrogen) atoms. The molecule has 1 aliphatic carbocycles. The summed E-state index contributed by atoms with van der Waals surface area (Å²) in [4.78, 5) is 5.17. The Balaban J connectivity index is 1.47. The van der Waals surface area contributed by atoms with E-state index in [1.165, 1.54) is 56.6 Å². The number of benzene rings is 4. The lowest BCUT2D eigenvalue weighted by Crippen LogP contribution is -2.15. The highest BCUT2D eigenvalue weighted by Crippen LogP contribution is 2.67. The highest BCUT2D eigenvalue weighted by molar-refractivity contribution is 5.84. The van der Waals surface area contributed by atoms with E-state index in [4.69, 9.17) is 9.40 Å². The Hall–Kier alpha value is -4.37. The van der Waals surface area contributed by atoms with Gasteiger partial charge in [-0.15, -0.1) is 0 Å². The maximum Gasteiger partial charge on any atom is 0.144 e. The minimum atomic E-state index is 0.0973. The molecule has 4 aromatic carbocycles. The van der Waals surface area contributed by atoms with E-state index in [2.05, 4.69) is 140 Å². The number of nitrogens with zero attached hydrogens (tertiary/aromatic N) is 2. The smallest absolute Gasteiger partial charge is 0.144 e. The molecule has 3 nitrogen and oxygen atoms in total. The second-order valence-corrected chi connectivity index (χ2v) is 15.0. The van der Waals surface area contributed by atoms with Crippen LogP contribution in [0.4, 0.5) is 0 Å². The summed E-state index contributed by atoms with van der Waals surface area (Å²) < 4.78 is 8.78. The van der Waals surface area contributed by atoms with Gasteiger partial charge < -0.3 is 4.42 Å². The molecule has 240 valence electrons. The van der Waals surface area contributed by atoms with Crippen LogP contribution in [0.15, 0.2) is 95.7 Å². The SMILES string of the molecule is CC[C@]1(C)CC1(C)c1ccc(-c2c(C)cccc2C)cc1-c1nccn1-c1c(C(C)C)cc(-c2cc3ccccc3o2)cc1C(C)C. The van der Waals surface area contributed by atoms with E-state index in [1.54, 1.807) is 0 Å². The normalized spacial score (nSPS) is 19.3. The first-order valence-electron chi connectivity index (χ1n) is 17.4. The summed E-state index contributed by atoms with van der Waals surface area (Å²) in [5.41, 5.74) is 14.1. The molecule has 1 fully saturated rings. The Bertz CT molecular complexity index is 2040. The third-order valence-corrected chi connectivity index (χ3v) is 11.4. The van der Waals surface area contributed by atoms with Crippen LogP contribution in [0.5, 0.6) is 0 Å². The van der Waals surface area contributed by atoms with Gasteiger partial charge in [-0.05, 0) is 119 Å². The molecule has 2 aromatic heterocycles. The van der Waals surface area contributed by atoms with Gasteiger partial charge in [-0.3, -0.25) is 4.57 Å². The van der Waals surface area contributed by atoms with Crippen molar-refractivity contribution >= 4 is 11.0 Å². The Labute approximate surface area is 280 Å². The first-order valence-corrected chi connectivity index (χ1v) is 17.4. The number of imidazole rings is 1. The van der Waals surface area contributed by atoms with Gasteiger partial charge in [0.05, 0.1) is 5.69 Å². The second kappa shape index (κ2) is 11.4. The minimum Gasteiger partial charge on any atom is -0.456 e. The van der Waals surface area contributed by atoms with Gasteiger partial charge in [0.1, 0.15) is 17.2 Å². The zero-order chi connectivity index (χ0) is 33.2. The number of aryl methyl sites for hydroxylation is 2. The van der Waals surface area contributed by atoms with Crippen molar-refractivity contribution in [2.45, 2.75) is 92.4 Å². The average Bonchev–Trinajstić information content (AvgIpc) is 3.42. The lowest BCUT2D eigenvalue weighted by molar-refractivity contribution is 0.461. The summed E-state index contributed by atoms with van der Waals surface area (Å²) in [5, 5.41) is 1.13. The number of fused-ring (bicyclic) bond motifs is 1. The quantitative estimate of drug-likeness (QED) is 0.169. The van der Waals surface area contributed by atoms with Gasteiger partial charge in [0.15, 0.2) is 0 Å². The highest BCUT2D eigenvalue weighted by Gasteiger charge is 2.61. The molecule has 0 N–H and O–H groups in total. The van der Waals surface area contributed by atoms with Crippen LogP contribution in [0, 0.1) is 19.3 Å². The van der Waals surface area contributed by atoms with E-state index < -0.39 is 0 Å². The van der Waals surface area contributed by atoms with Crippen molar-refractivity contribution < 1.29 is 4.42 Å².